The second-order valence-corrected chi connectivity index (χ2v) is 7.94. The van der Waals surface area contributed by atoms with Gasteiger partial charge in [0.2, 0.25) is 0 Å². The Hall–Kier alpha value is -1.21. The predicted molar refractivity (Wildman–Crippen MR) is 90.7 cm³/mol. The topological polar surface area (TPSA) is 41.8 Å². The van der Waals surface area contributed by atoms with E-state index in [1.807, 2.05) is 25.2 Å². The Bertz CT molecular complexity index is 762. The van der Waals surface area contributed by atoms with E-state index in [1.165, 1.54) is 11.3 Å². The molecule has 7 heteroatoms. The largest absolute Gasteiger partial charge is 0.315 e. The van der Waals surface area contributed by atoms with Crippen molar-refractivity contribution in [3.05, 3.63) is 49.6 Å². The number of benzene rings is 1. The molecule has 3 rings (SSSR count). The van der Waals surface area contributed by atoms with E-state index in [-0.39, 0.29) is 0 Å². The zero-order valence-corrected chi connectivity index (χ0v) is 14.9. The maximum atomic E-state index is 12.2. The fraction of sp³-hybridized carbons (Fsp3) is 0.200. The maximum absolute atomic E-state index is 12.2. The van der Waals surface area contributed by atoms with Crippen molar-refractivity contribution in [3.8, 4) is 0 Å². The van der Waals surface area contributed by atoms with Crippen molar-refractivity contribution in [1.29, 1.82) is 0 Å². The van der Waals surface area contributed by atoms with Gasteiger partial charge in [0.05, 0.1) is 27.5 Å². The number of quaternary nitrogens is 1. The lowest BCUT2D eigenvalue weighted by atomic mass is 10.1. The van der Waals surface area contributed by atoms with Crippen LogP contribution in [0, 0.1) is 0 Å². The molecule has 0 saturated heterocycles. The highest BCUT2D eigenvalue weighted by Crippen LogP contribution is 2.30. The summed E-state index contributed by atoms with van der Waals surface area (Å²) in [5.74, 6) is -0.903. The lowest BCUT2D eigenvalue weighted by Gasteiger charge is -2.21. The molecule has 0 spiro atoms. The molecular formula is C15H13BrClN2O2S+. The number of hydrogen-bond acceptors (Lipinski definition) is 3. The van der Waals surface area contributed by atoms with Gasteiger partial charge in [-0.3, -0.25) is 14.5 Å². The number of carbonyl (C=O) groups excluding carboxylic acids is 2. The van der Waals surface area contributed by atoms with Crippen molar-refractivity contribution in [2.75, 3.05) is 18.6 Å². The van der Waals surface area contributed by atoms with Crippen molar-refractivity contribution >= 4 is 56.2 Å². The molecule has 0 radical (unpaired) electrons. The smallest absolute Gasteiger partial charge is 0.303 e. The third-order valence-electron chi connectivity index (χ3n) is 3.47. The molecule has 1 aliphatic rings. The van der Waals surface area contributed by atoms with E-state index in [2.05, 4.69) is 15.9 Å². The van der Waals surface area contributed by atoms with Crippen molar-refractivity contribution in [3.63, 3.8) is 0 Å². The Kier molecular flexibility index (Phi) is 4.36. The van der Waals surface area contributed by atoms with Crippen molar-refractivity contribution in [2.24, 2.45) is 0 Å². The minimum atomic E-state index is -0.461. The molecule has 0 fully saturated rings. The highest BCUT2D eigenvalue weighted by Gasteiger charge is 2.37. The molecule has 0 saturated carbocycles. The van der Waals surface area contributed by atoms with E-state index >= 15 is 0 Å². The van der Waals surface area contributed by atoms with Crippen LogP contribution in [0.1, 0.15) is 15.2 Å². The van der Waals surface area contributed by atoms with Gasteiger partial charge in [-0.05, 0) is 30.3 Å². The Morgan fingerprint density at radius 3 is 2.73 bits per heavy atom. The molecule has 2 heterocycles. The van der Waals surface area contributed by atoms with Gasteiger partial charge < -0.3 is 4.90 Å². The summed E-state index contributed by atoms with van der Waals surface area (Å²) in [7, 11) is 1.99. The number of ketones is 1. The third kappa shape index (κ3) is 2.96. The van der Waals surface area contributed by atoms with Gasteiger partial charge in [0.25, 0.3) is 5.78 Å². The average Bonchev–Trinajstić information content (AvgIpc) is 2.96. The molecule has 1 unspecified atom stereocenters. The van der Waals surface area contributed by atoms with Gasteiger partial charge in [0.1, 0.15) is 6.54 Å². The molecule has 0 bridgehead atoms. The zero-order chi connectivity index (χ0) is 15.9. The summed E-state index contributed by atoms with van der Waals surface area (Å²) in [6.45, 7) is 1.19. The Labute approximate surface area is 145 Å². The molecule has 1 N–H and O–H groups in total. The van der Waals surface area contributed by atoms with E-state index in [1.54, 1.807) is 17.0 Å². The summed E-state index contributed by atoms with van der Waals surface area (Å²) in [5.41, 5.74) is 1.15. The molecule has 1 amide bonds. The SMILES string of the molecule is C[NH+](Cc1ccc(Cl)s1)CN1C(=O)C(=O)c2cc(Br)ccc21. The van der Waals surface area contributed by atoms with E-state index in [0.29, 0.717) is 17.9 Å². The number of Topliss-reactive ketones (excluding diaryl/α,β-unsaturated/α-hetero) is 1. The summed E-state index contributed by atoms with van der Waals surface area (Å²) < 4.78 is 1.55. The van der Waals surface area contributed by atoms with Crippen molar-refractivity contribution in [2.45, 2.75) is 6.54 Å². The number of thiophene rings is 1. The lowest BCUT2D eigenvalue weighted by molar-refractivity contribution is -0.892. The number of amides is 1. The number of halogens is 2. The van der Waals surface area contributed by atoms with Crippen LogP contribution in [0.2, 0.25) is 4.34 Å². The summed E-state index contributed by atoms with van der Waals surface area (Å²) in [6.07, 6.45) is 0. The molecule has 1 atom stereocenters. The number of rotatable bonds is 4. The first-order chi connectivity index (χ1) is 10.5. The van der Waals surface area contributed by atoms with Gasteiger partial charge in [0, 0.05) is 4.47 Å². The fourth-order valence-electron chi connectivity index (χ4n) is 2.50. The molecule has 114 valence electrons. The molecule has 1 aliphatic heterocycles. The van der Waals surface area contributed by atoms with Crippen LogP contribution in [-0.2, 0) is 11.3 Å². The fourth-order valence-corrected chi connectivity index (χ4v) is 4.06. The summed E-state index contributed by atoms with van der Waals surface area (Å²) in [4.78, 5) is 28.1. The summed E-state index contributed by atoms with van der Waals surface area (Å²) >= 11 is 10.8. The normalized spacial score (nSPS) is 15.3. The van der Waals surface area contributed by atoms with Crippen LogP contribution in [0.3, 0.4) is 0 Å². The van der Waals surface area contributed by atoms with Gasteiger partial charge >= 0.3 is 5.91 Å². The Morgan fingerprint density at radius 2 is 2.05 bits per heavy atom. The van der Waals surface area contributed by atoms with Crippen LogP contribution < -0.4 is 9.80 Å². The highest BCUT2D eigenvalue weighted by atomic mass is 79.9. The number of anilines is 1. The number of hydrogen-bond donors (Lipinski definition) is 1. The predicted octanol–water partition coefficient (Wildman–Crippen LogP) is 2.37. The van der Waals surface area contributed by atoms with E-state index in [9.17, 15) is 9.59 Å². The average molecular weight is 401 g/mol. The van der Waals surface area contributed by atoms with Crippen LogP contribution >= 0.6 is 38.9 Å². The number of fused-ring (bicyclic) bond motifs is 1. The molecule has 1 aromatic carbocycles. The quantitative estimate of drug-likeness (QED) is 0.801. The van der Waals surface area contributed by atoms with E-state index in [0.717, 1.165) is 25.1 Å². The standard InChI is InChI=1S/C15H12BrClN2O2S/c1-18(7-10-3-5-13(17)22-10)8-19-12-4-2-9(16)6-11(12)14(20)15(19)21/h2-6H,7-8H2,1H3/p+1. The van der Waals surface area contributed by atoms with E-state index < -0.39 is 11.7 Å². The highest BCUT2D eigenvalue weighted by molar-refractivity contribution is 9.10. The van der Waals surface area contributed by atoms with E-state index in [4.69, 9.17) is 11.6 Å². The monoisotopic (exact) mass is 399 g/mol. The van der Waals surface area contributed by atoms with Crippen LogP contribution in [-0.4, -0.2) is 25.4 Å². The minimum absolute atomic E-state index is 0.439. The van der Waals surface area contributed by atoms with Gasteiger partial charge in [-0.1, -0.05) is 27.5 Å². The van der Waals surface area contributed by atoms with Crippen LogP contribution in [0.4, 0.5) is 5.69 Å². The van der Waals surface area contributed by atoms with Crippen molar-refractivity contribution < 1.29 is 14.5 Å². The summed E-state index contributed by atoms with van der Waals surface area (Å²) in [6, 6.07) is 9.19. The Balaban J connectivity index is 1.78. The number of nitrogens with zero attached hydrogens (tertiary/aromatic N) is 1. The van der Waals surface area contributed by atoms with Gasteiger partial charge in [-0.15, -0.1) is 11.3 Å². The molecule has 1 aromatic heterocycles. The van der Waals surface area contributed by atoms with Crippen LogP contribution in [0.15, 0.2) is 34.8 Å². The lowest BCUT2D eigenvalue weighted by Crippen LogP contribution is -3.09. The second kappa shape index (κ2) is 6.12. The van der Waals surface area contributed by atoms with Crippen LogP contribution in [0.25, 0.3) is 0 Å². The second-order valence-electron chi connectivity index (χ2n) is 5.22. The first-order valence-electron chi connectivity index (χ1n) is 6.67. The Morgan fingerprint density at radius 1 is 1.27 bits per heavy atom. The zero-order valence-electron chi connectivity index (χ0n) is 11.7. The molecule has 0 aliphatic carbocycles. The first kappa shape index (κ1) is 15.7. The molecule has 22 heavy (non-hydrogen) atoms. The first-order valence-corrected chi connectivity index (χ1v) is 8.65. The van der Waals surface area contributed by atoms with Crippen LogP contribution in [0.5, 0.6) is 0 Å². The van der Waals surface area contributed by atoms with Crippen molar-refractivity contribution in [1.82, 2.24) is 0 Å². The maximum Gasteiger partial charge on any atom is 0.303 e. The number of nitrogens with one attached hydrogen (secondary N) is 1. The molecule has 4 nitrogen and oxygen atoms in total. The molecule has 2 aromatic rings. The minimum Gasteiger partial charge on any atom is -0.315 e. The summed E-state index contributed by atoms with van der Waals surface area (Å²) in [5, 5.41) is 0. The van der Waals surface area contributed by atoms with Gasteiger partial charge in [-0.25, -0.2) is 0 Å². The van der Waals surface area contributed by atoms with Gasteiger partial charge in [-0.2, -0.15) is 0 Å². The third-order valence-corrected chi connectivity index (χ3v) is 5.19. The molecular weight excluding hydrogens is 388 g/mol. The number of carbonyl (C=O) groups is 2. The van der Waals surface area contributed by atoms with Gasteiger partial charge in [0.15, 0.2) is 6.67 Å².